The van der Waals surface area contributed by atoms with Crippen molar-refractivity contribution in [3.8, 4) is 12.3 Å². The van der Waals surface area contributed by atoms with Gasteiger partial charge in [0.05, 0.1) is 0 Å². The van der Waals surface area contributed by atoms with E-state index in [1.54, 1.807) is 4.90 Å². The Balaban J connectivity index is 2.52. The molecular weight excluding hydrogens is 232 g/mol. The van der Waals surface area contributed by atoms with Crippen molar-refractivity contribution in [2.45, 2.75) is 38.6 Å². The van der Waals surface area contributed by atoms with E-state index >= 15 is 0 Å². The first kappa shape index (κ1) is 14.4. The molecule has 0 spiro atoms. The number of amides is 2. The number of hydrogen-bond acceptors (Lipinski definition) is 2. The number of carbonyl (C=O) groups is 2. The Labute approximate surface area is 108 Å². The number of hydrogen-bond donors (Lipinski definition) is 2. The van der Waals surface area contributed by atoms with Crippen LogP contribution >= 0.6 is 0 Å². The van der Waals surface area contributed by atoms with Gasteiger partial charge in [0.25, 0.3) is 0 Å². The zero-order valence-corrected chi connectivity index (χ0v) is 10.7. The summed E-state index contributed by atoms with van der Waals surface area (Å²) in [7, 11) is 0. The van der Waals surface area contributed by atoms with E-state index in [0.717, 1.165) is 19.3 Å². The molecule has 18 heavy (non-hydrogen) atoms. The Bertz CT molecular complexity index is 345. The van der Waals surface area contributed by atoms with Crippen LogP contribution in [0.15, 0.2) is 0 Å². The number of carboxylic acid groups (broad SMARTS) is 1. The van der Waals surface area contributed by atoms with Gasteiger partial charge in [0, 0.05) is 19.5 Å². The van der Waals surface area contributed by atoms with Crippen molar-refractivity contribution in [1.29, 1.82) is 0 Å². The number of carboxylic acids is 1. The summed E-state index contributed by atoms with van der Waals surface area (Å²) in [5.74, 6) is 1.75. The molecule has 1 atom stereocenters. The quantitative estimate of drug-likeness (QED) is 0.671. The van der Waals surface area contributed by atoms with Crippen LogP contribution in [0.5, 0.6) is 0 Å². The third kappa shape index (κ3) is 4.66. The maximum absolute atomic E-state index is 12.0. The van der Waals surface area contributed by atoms with Crippen molar-refractivity contribution in [2.24, 2.45) is 5.92 Å². The molecule has 5 nitrogen and oxygen atoms in total. The Hall–Kier alpha value is -1.70. The van der Waals surface area contributed by atoms with E-state index in [9.17, 15) is 9.59 Å². The number of aliphatic carboxylic acids is 1. The predicted molar refractivity (Wildman–Crippen MR) is 68.0 cm³/mol. The van der Waals surface area contributed by atoms with Gasteiger partial charge in [0.15, 0.2) is 0 Å². The highest BCUT2D eigenvalue weighted by Gasteiger charge is 2.28. The van der Waals surface area contributed by atoms with Crippen molar-refractivity contribution >= 4 is 12.0 Å². The number of carbonyl (C=O) groups excluding carboxylic acids is 1. The highest BCUT2D eigenvalue weighted by Crippen LogP contribution is 2.29. The summed E-state index contributed by atoms with van der Waals surface area (Å²) in [5, 5.41) is 11.4. The molecular formula is C13H20N2O3. The van der Waals surface area contributed by atoms with Gasteiger partial charge in [-0.05, 0) is 25.2 Å². The third-order valence-electron chi connectivity index (χ3n) is 2.87. The molecule has 0 saturated heterocycles. The zero-order chi connectivity index (χ0) is 13.5. The normalized spacial score (nSPS) is 15.6. The minimum atomic E-state index is -1.09. The summed E-state index contributed by atoms with van der Waals surface area (Å²) in [6.45, 7) is 3.34. The molecule has 1 fully saturated rings. The third-order valence-corrected chi connectivity index (χ3v) is 2.87. The van der Waals surface area contributed by atoms with Gasteiger partial charge in [-0.1, -0.05) is 6.92 Å². The lowest BCUT2D eigenvalue weighted by atomic mass is 10.2. The summed E-state index contributed by atoms with van der Waals surface area (Å²) < 4.78 is 0. The van der Waals surface area contributed by atoms with Crippen LogP contribution in [-0.2, 0) is 4.79 Å². The Morgan fingerprint density at radius 2 is 2.22 bits per heavy atom. The van der Waals surface area contributed by atoms with E-state index in [4.69, 9.17) is 11.5 Å². The smallest absolute Gasteiger partial charge is 0.327 e. The van der Waals surface area contributed by atoms with Crippen molar-refractivity contribution in [1.82, 2.24) is 10.2 Å². The summed E-state index contributed by atoms with van der Waals surface area (Å²) >= 11 is 0. The lowest BCUT2D eigenvalue weighted by molar-refractivity contribution is -0.139. The van der Waals surface area contributed by atoms with Gasteiger partial charge in [-0.25, -0.2) is 9.59 Å². The van der Waals surface area contributed by atoms with E-state index in [0.29, 0.717) is 19.0 Å². The van der Waals surface area contributed by atoms with Gasteiger partial charge in [0.1, 0.15) is 6.04 Å². The monoisotopic (exact) mass is 252 g/mol. The van der Waals surface area contributed by atoms with Gasteiger partial charge in [-0.2, -0.15) is 0 Å². The topological polar surface area (TPSA) is 69.6 Å². The van der Waals surface area contributed by atoms with Crippen LogP contribution < -0.4 is 5.32 Å². The van der Waals surface area contributed by atoms with Crippen molar-refractivity contribution < 1.29 is 14.7 Å². The van der Waals surface area contributed by atoms with Crippen LogP contribution in [0.25, 0.3) is 0 Å². The van der Waals surface area contributed by atoms with Gasteiger partial charge >= 0.3 is 12.0 Å². The average Bonchev–Trinajstić information content (AvgIpc) is 3.11. The molecule has 1 rings (SSSR count). The van der Waals surface area contributed by atoms with Gasteiger partial charge in [-0.15, -0.1) is 12.3 Å². The fourth-order valence-corrected chi connectivity index (χ4v) is 1.72. The number of urea groups is 1. The minimum absolute atomic E-state index is 0.00443. The summed E-state index contributed by atoms with van der Waals surface area (Å²) in [4.78, 5) is 24.6. The molecule has 1 saturated carbocycles. The largest absolute Gasteiger partial charge is 0.480 e. The molecule has 0 aromatic carbocycles. The molecule has 0 aromatic rings. The zero-order valence-electron chi connectivity index (χ0n) is 10.7. The minimum Gasteiger partial charge on any atom is -0.480 e. The van der Waals surface area contributed by atoms with E-state index in [1.165, 1.54) is 0 Å². The molecule has 0 aliphatic heterocycles. The maximum Gasteiger partial charge on any atom is 0.327 e. The average molecular weight is 252 g/mol. The molecule has 0 aromatic heterocycles. The van der Waals surface area contributed by atoms with Crippen molar-refractivity contribution in [3.63, 3.8) is 0 Å². The maximum atomic E-state index is 12.0. The Morgan fingerprint density at radius 1 is 1.56 bits per heavy atom. The van der Waals surface area contributed by atoms with E-state index in [2.05, 4.69) is 11.2 Å². The molecule has 0 bridgehead atoms. The molecule has 100 valence electrons. The number of rotatable bonds is 7. The van der Waals surface area contributed by atoms with E-state index < -0.39 is 12.0 Å². The summed E-state index contributed by atoms with van der Waals surface area (Å²) in [5.41, 5.74) is 0. The van der Waals surface area contributed by atoms with E-state index in [-0.39, 0.29) is 12.5 Å². The van der Waals surface area contributed by atoms with Crippen LogP contribution in [0.2, 0.25) is 0 Å². The fraction of sp³-hybridized carbons (Fsp3) is 0.692. The first-order valence-electron chi connectivity index (χ1n) is 6.30. The first-order chi connectivity index (χ1) is 8.58. The number of nitrogens with one attached hydrogen (secondary N) is 1. The van der Waals surface area contributed by atoms with Crippen molar-refractivity contribution in [3.05, 3.63) is 0 Å². The van der Waals surface area contributed by atoms with Gasteiger partial charge < -0.3 is 15.3 Å². The van der Waals surface area contributed by atoms with Gasteiger partial charge in [-0.3, -0.25) is 0 Å². The Morgan fingerprint density at radius 3 is 2.67 bits per heavy atom. The summed E-state index contributed by atoms with van der Waals surface area (Å²) in [6, 6.07) is -1.33. The second kappa shape index (κ2) is 6.90. The predicted octanol–water partition coefficient (Wildman–Crippen LogP) is 1.29. The van der Waals surface area contributed by atoms with Crippen LogP contribution in [0.1, 0.15) is 32.6 Å². The summed E-state index contributed by atoms with van der Waals surface area (Å²) in [6.07, 6.45) is 8.25. The number of terminal acetylenes is 1. The van der Waals surface area contributed by atoms with Crippen LogP contribution in [0, 0.1) is 18.3 Å². The molecule has 5 heteroatoms. The Kier molecular flexibility index (Phi) is 5.50. The molecule has 0 radical (unpaired) electrons. The second-order valence-electron chi connectivity index (χ2n) is 4.64. The highest BCUT2D eigenvalue weighted by atomic mass is 16.4. The van der Waals surface area contributed by atoms with Crippen molar-refractivity contribution in [2.75, 3.05) is 13.1 Å². The van der Waals surface area contributed by atoms with Crippen LogP contribution in [0.3, 0.4) is 0 Å². The molecule has 0 heterocycles. The first-order valence-corrected chi connectivity index (χ1v) is 6.30. The molecule has 1 aliphatic rings. The lowest BCUT2D eigenvalue weighted by Gasteiger charge is -2.24. The molecule has 2 amide bonds. The highest BCUT2D eigenvalue weighted by molar-refractivity contribution is 5.82. The lowest BCUT2D eigenvalue weighted by Crippen LogP contribution is -2.48. The standard InChI is InChI=1S/C13H20N2O3/c1-3-5-11(12(16)17)14-13(18)15(8-4-2)9-10-6-7-10/h1,10-11H,4-9H2,2H3,(H,14,18)(H,16,17). The second-order valence-corrected chi connectivity index (χ2v) is 4.64. The van der Waals surface area contributed by atoms with E-state index in [1.807, 2.05) is 6.92 Å². The van der Waals surface area contributed by atoms with Gasteiger partial charge in [0.2, 0.25) is 0 Å². The van der Waals surface area contributed by atoms with Crippen LogP contribution in [-0.4, -0.2) is 41.1 Å². The molecule has 1 unspecified atom stereocenters. The van der Waals surface area contributed by atoms with Crippen LogP contribution in [0.4, 0.5) is 4.79 Å². The fourth-order valence-electron chi connectivity index (χ4n) is 1.72. The molecule has 2 N–H and O–H groups in total. The SMILES string of the molecule is C#CCC(NC(=O)N(CCC)CC1CC1)C(=O)O. The number of nitrogens with zero attached hydrogens (tertiary/aromatic N) is 1. The molecule has 1 aliphatic carbocycles.